The Balaban J connectivity index is 2.88. The van der Waals surface area contributed by atoms with Gasteiger partial charge < -0.3 is 4.42 Å². The van der Waals surface area contributed by atoms with Crippen molar-refractivity contribution in [3.05, 3.63) is 23.7 Å². The van der Waals surface area contributed by atoms with Gasteiger partial charge >= 0.3 is 0 Å². The zero-order chi connectivity index (χ0) is 9.84. The van der Waals surface area contributed by atoms with Crippen molar-refractivity contribution >= 4 is 18.1 Å². The van der Waals surface area contributed by atoms with E-state index in [-0.39, 0.29) is 11.3 Å². The molecule has 0 fully saturated rings. The fourth-order valence-corrected chi connectivity index (χ4v) is 0.827. The summed E-state index contributed by atoms with van der Waals surface area (Å²) in [7, 11) is 0. The third-order valence-electron chi connectivity index (χ3n) is 1.34. The molecule has 13 heavy (non-hydrogen) atoms. The third-order valence-corrected chi connectivity index (χ3v) is 1.34. The third kappa shape index (κ3) is 2.02. The van der Waals surface area contributed by atoms with E-state index in [9.17, 15) is 14.4 Å². The molecule has 1 N–H and O–H groups in total. The standard InChI is InChI=1S/C8H7NO4/c1-5(11)9-8(12)6-2-3-13-7(6)4-10/h2-4H,1H3,(H,9,11,12). The summed E-state index contributed by atoms with van der Waals surface area (Å²) in [5, 5.41) is 2.02. The summed E-state index contributed by atoms with van der Waals surface area (Å²) in [6.45, 7) is 1.21. The van der Waals surface area contributed by atoms with Crippen molar-refractivity contribution in [3.63, 3.8) is 0 Å². The highest BCUT2D eigenvalue weighted by atomic mass is 16.3. The van der Waals surface area contributed by atoms with Crippen LogP contribution in [0.15, 0.2) is 16.7 Å². The van der Waals surface area contributed by atoms with Crippen molar-refractivity contribution in [2.24, 2.45) is 0 Å². The van der Waals surface area contributed by atoms with Crippen LogP contribution < -0.4 is 5.32 Å². The average molecular weight is 181 g/mol. The van der Waals surface area contributed by atoms with Gasteiger partial charge in [-0.2, -0.15) is 0 Å². The van der Waals surface area contributed by atoms with Gasteiger partial charge in [0, 0.05) is 6.92 Å². The molecule has 0 aromatic carbocycles. The van der Waals surface area contributed by atoms with Crippen LogP contribution >= 0.6 is 0 Å². The summed E-state index contributed by atoms with van der Waals surface area (Å²) in [5.41, 5.74) is 0.0604. The topological polar surface area (TPSA) is 76.4 Å². The lowest BCUT2D eigenvalue weighted by atomic mass is 10.2. The number of hydrogen-bond donors (Lipinski definition) is 1. The van der Waals surface area contributed by atoms with Gasteiger partial charge in [0.2, 0.25) is 5.91 Å². The van der Waals surface area contributed by atoms with Crippen LogP contribution in [0.25, 0.3) is 0 Å². The molecule has 1 aromatic rings. The molecule has 0 aliphatic rings. The Kier molecular flexibility index (Phi) is 2.59. The minimum absolute atomic E-state index is 0.0604. The van der Waals surface area contributed by atoms with Crippen molar-refractivity contribution in [2.75, 3.05) is 0 Å². The molecule has 0 spiro atoms. The Morgan fingerprint density at radius 2 is 2.23 bits per heavy atom. The number of carbonyl (C=O) groups excluding carboxylic acids is 3. The number of furan rings is 1. The van der Waals surface area contributed by atoms with Crippen molar-refractivity contribution in [1.29, 1.82) is 0 Å². The first-order valence-electron chi connectivity index (χ1n) is 3.49. The van der Waals surface area contributed by atoms with E-state index in [2.05, 4.69) is 4.42 Å². The molecule has 0 saturated heterocycles. The summed E-state index contributed by atoms with van der Waals surface area (Å²) in [6.07, 6.45) is 1.62. The molecule has 0 bridgehead atoms. The van der Waals surface area contributed by atoms with Gasteiger partial charge in [-0.05, 0) is 6.07 Å². The van der Waals surface area contributed by atoms with Crippen molar-refractivity contribution in [2.45, 2.75) is 6.92 Å². The number of imide groups is 1. The molecule has 5 heteroatoms. The summed E-state index contributed by atoms with van der Waals surface area (Å²) < 4.78 is 4.68. The van der Waals surface area contributed by atoms with E-state index >= 15 is 0 Å². The molecule has 68 valence electrons. The molecule has 0 aliphatic heterocycles. The van der Waals surface area contributed by atoms with Crippen LogP contribution in [0.3, 0.4) is 0 Å². The van der Waals surface area contributed by atoms with Gasteiger partial charge in [-0.1, -0.05) is 0 Å². The molecular weight excluding hydrogens is 174 g/mol. The Morgan fingerprint density at radius 3 is 2.77 bits per heavy atom. The first-order chi connectivity index (χ1) is 6.15. The van der Waals surface area contributed by atoms with E-state index in [1.54, 1.807) is 0 Å². The fourth-order valence-electron chi connectivity index (χ4n) is 0.827. The summed E-state index contributed by atoms with van der Waals surface area (Å²) in [4.78, 5) is 32.0. The van der Waals surface area contributed by atoms with Gasteiger partial charge in [-0.3, -0.25) is 19.7 Å². The van der Waals surface area contributed by atoms with E-state index in [1.807, 2.05) is 5.32 Å². The zero-order valence-corrected chi connectivity index (χ0v) is 6.87. The minimum atomic E-state index is -0.636. The molecule has 0 saturated carbocycles. The first-order valence-corrected chi connectivity index (χ1v) is 3.49. The Hall–Kier alpha value is -1.91. The molecule has 1 aromatic heterocycles. The molecule has 1 rings (SSSR count). The Morgan fingerprint density at radius 1 is 1.54 bits per heavy atom. The number of amides is 2. The normalized spacial score (nSPS) is 9.31. The lowest BCUT2D eigenvalue weighted by Crippen LogP contribution is -2.28. The maximum Gasteiger partial charge on any atom is 0.261 e. The molecule has 0 aliphatic carbocycles. The van der Waals surface area contributed by atoms with Crippen LogP contribution in [-0.2, 0) is 4.79 Å². The van der Waals surface area contributed by atoms with Gasteiger partial charge in [0.25, 0.3) is 5.91 Å². The van der Waals surface area contributed by atoms with Gasteiger partial charge in [0.1, 0.15) is 0 Å². The van der Waals surface area contributed by atoms with E-state index in [4.69, 9.17) is 0 Å². The number of nitrogens with one attached hydrogen (secondary N) is 1. The molecule has 1 heterocycles. The second kappa shape index (κ2) is 3.66. The zero-order valence-electron chi connectivity index (χ0n) is 6.87. The van der Waals surface area contributed by atoms with Crippen molar-refractivity contribution in [1.82, 2.24) is 5.32 Å². The predicted molar refractivity (Wildman–Crippen MR) is 42.2 cm³/mol. The van der Waals surface area contributed by atoms with Crippen molar-refractivity contribution in [3.8, 4) is 0 Å². The maximum atomic E-state index is 11.1. The monoisotopic (exact) mass is 181 g/mol. The Labute approximate surface area is 73.7 Å². The van der Waals surface area contributed by atoms with Gasteiger partial charge in [0.05, 0.1) is 11.8 Å². The van der Waals surface area contributed by atoms with E-state index in [0.717, 1.165) is 0 Å². The highest BCUT2D eigenvalue weighted by molar-refractivity contribution is 6.07. The average Bonchev–Trinajstić information content (AvgIpc) is 2.49. The van der Waals surface area contributed by atoms with E-state index < -0.39 is 11.8 Å². The van der Waals surface area contributed by atoms with Crippen LogP contribution in [0.1, 0.15) is 27.8 Å². The van der Waals surface area contributed by atoms with Crippen molar-refractivity contribution < 1.29 is 18.8 Å². The molecule has 0 radical (unpaired) electrons. The lowest BCUT2D eigenvalue weighted by molar-refractivity contribution is -0.118. The van der Waals surface area contributed by atoms with Gasteiger partial charge in [-0.15, -0.1) is 0 Å². The SMILES string of the molecule is CC(=O)NC(=O)c1ccoc1C=O. The number of carbonyl (C=O) groups is 3. The summed E-state index contributed by atoms with van der Waals surface area (Å²) in [6, 6.07) is 1.32. The lowest BCUT2D eigenvalue weighted by Gasteiger charge is -1.96. The second-order valence-electron chi connectivity index (χ2n) is 2.33. The molecule has 2 amide bonds. The van der Waals surface area contributed by atoms with E-state index in [1.165, 1.54) is 19.3 Å². The van der Waals surface area contributed by atoms with Gasteiger partial charge in [-0.25, -0.2) is 0 Å². The number of aldehydes is 1. The quantitative estimate of drug-likeness (QED) is 0.668. The minimum Gasteiger partial charge on any atom is -0.461 e. The first kappa shape index (κ1) is 9.18. The molecular formula is C8H7NO4. The van der Waals surface area contributed by atoms with Crippen LogP contribution in [0.2, 0.25) is 0 Å². The predicted octanol–water partition coefficient (Wildman–Crippen LogP) is 0.368. The van der Waals surface area contributed by atoms with E-state index in [0.29, 0.717) is 6.29 Å². The largest absolute Gasteiger partial charge is 0.461 e. The molecule has 0 atom stereocenters. The van der Waals surface area contributed by atoms with Crippen LogP contribution in [0.4, 0.5) is 0 Å². The molecule has 0 unspecified atom stereocenters. The smallest absolute Gasteiger partial charge is 0.261 e. The fraction of sp³-hybridized carbons (Fsp3) is 0.125. The number of hydrogen-bond acceptors (Lipinski definition) is 4. The van der Waals surface area contributed by atoms with Crippen LogP contribution in [0.5, 0.6) is 0 Å². The highest BCUT2D eigenvalue weighted by Gasteiger charge is 2.14. The highest BCUT2D eigenvalue weighted by Crippen LogP contribution is 2.07. The second-order valence-corrected chi connectivity index (χ2v) is 2.33. The maximum absolute atomic E-state index is 11.1. The van der Waals surface area contributed by atoms with Gasteiger partial charge in [0.15, 0.2) is 12.0 Å². The molecule has 5 nitrogen and oxygen atoms in total. The summed E-state index contributed by atoms with van der Waals surface area (Å²) >= 11 is 0. The van der Waals surface area contributed by atoms with Crippen LogP contribution in [-0.4, -0.2) is 18.1 Å². The number of rotatable bonds is 2. The Bertz CT molecular complexity index is 353. The van der Waals surface area contributed by atoms with Crippen LogP contribution in [0, 0.1) is 0 Å². The summed E-state index contributed by atoms with van der Waals surface area (Å²) in [5.74, 6) is -1.20.